The Kier molecular flexibility index (Phi) is 4.17. The number of hydrogen-bond donors (Lipinski definition) is 1. The molecule has 0 spiro atoms. The Morgan fingerprint density at radius 2 is 1.77 bits per heavy atom. The molecule has 0 atom stereocenters. The molecule has 0 radical (unpaired) electrons. The Balaban J connectivity index is 1.49. The van der Waals surface area contributed by atoms with Crippen LogP contribution in [-0.4, -0.2) is 64.7 Å². The maximum atomic E-state index is 12.9. The summed E-state index contributed by atoms with van der Waals surface area (Å²) in [5.74, 6) is -0.108. The van der Waals surface area contributed by atoms with E-state index in [1.165, 1.54) is 10.6 Å². The predicted molar refractivity (Wildman–Crippen MR) is 95.0 cm³/mol. The number of sulfonamides is 1. The summed E-state index contributed by atoms with van der Waals surface area (Å²) >= 11 is 0. The summed E-state index contributed by atoms with van der Waals surface area (Å²) in [5.41, 5.74) is 1.95. The summed E-state index contributed by atoms with van der Waals surface area (Å²) in [5, 5.41) is 0. The van der Waals surface area contributed by atoms with Gasteiger partial charge in [0.2, 0.25) is 10.0 Å². The topological polar surface area (TPSA) is 99.3 Å². The molecule has 2 aromatic heterocycles. The number of aromatic nitrogens is 3. The minimum atomic E-state index is -3.61. The molecule has 1 aliphatic rings. The first-order valence-corrected chi connectivity index (χ1v) is 9.62. The third-order valence-electron chi connectivity index (χ3n) is 4.48. The number of nitrogens with zero attached hydrogens (tertiary/aromatic N) is 4. The summed E-state index contributed by atoms with van der Waals surface area (Å²) in [6, 6.07) is 8.15. The van der Waals surface area contributed by atoms with E-state index >= 15 is 0 Å². The number of carbonyl (C=O) groups is 1. The highest BCUT2D eigenvalue weighted by Gasteiger charge is 2.30. The quantitative estimate of drug-likeness (QED) is 0.743. The van der Waals surface area contributed by atoms with Crippen LogP contribution in [0.25, 0.3) is 11.0 Å². The van der Waals surface area contributed by atoms with E-state index in [0.717, 1.165) is 5.52 Å². The number of aromatic amines is 1. The van der Waals surface area contributed by atoms with Crippen molar-refractivity contribution in [2.24, 2.45) is 0 Å². The predicted octanol–water partition coefficient (Wildman–Crippen LogP) is 1.10. The number of piperazine rings is 1. The van der Waals surface area contributed by atoms with Crippen LogP contribution >= 0.6 is 0 Å². The van der Waals surface area contributed by atoms with Crippen molar-refractivity contribution < 1.29 is 13.2 Å². The molecule has 1 amide bonds. The van der Waals surface area contributed by atoms with E-state index in [1.807, 2.05) is 0 Å². The number of fused-ring (bicyclic) bond motifs is 1. The molecule has 1 saturated heterocycles. The van der Waals surface area contributed by atoms with Gasteiger partial charge in [0, 0.05) is 44.1 Å². The van der Waals surface area contributed by atoms with E-state index in [9.17, 15) is 13.2 Å². The zero-order chi connectivity index (χ0) is 18.1. The SMILES string of the molecule is O=C(c1ccncc1)N1CCN(S(=O)(=O)c2ccc3nc[nH]c3c2)CC1. The van der Waals surface area contributed by atoms with Crippen molar-refractivity contribution in [2.45, 2.75) is 4.90 Å². The Morgan fingerprint density at radius 3 is 2.50 bits per heavy atom. The summed E-state index contributed by atoms with van der Waals surface area (Å²) in [6.07, 6.45) is 4.67. The van der Waals surface area contributed by atoms with Crippen molar-refractivity contribution in [1.29, 1.82) is 0 Å². The van der Waals surface area contributed by atoms with Gasteiger partial charge in [-0.2, -0.15) is 4.31 Å². The highest BCUT2D eigenvalue weighted by atomic mass is 32.2. The third kappa shape index (κ3) is 2.95. The number of hydrogen-bond acceptors (Lipinski definition) is 5. The number of benzene rings is 1. The van der Waals surface area contributed by atoms with Gasteiger partial charge in [0.1, 0.15) is 0 Å². The lowest BCUT2D eigenvalue weighted by Gasteiger charge is -2.34. The first kappa shape index (κ1) is 16.7. The lowest BCUT2D eigenvalue weighted by atomic mass is 10.2. The van der Waals surface area contributed by atoms with Crippen LogP contribution in [0.3, 0.4) is 0 Å². The number of amides is 1. The molecule has 8 nitrogen and oxygen atoms in total. The minimum absolute atomic E-state index is 0.108. The number of pyridine rings is 1. The average Bonchev–Trinajstić information content (AvgIpc) is 3.16. The van der Waals surface area contributed by atoms with Crippen molar-refractivity contribution in [2.75, 3.05) is 26.2 Å². The van der Waals surface area contributed by atoms with Gasteiger partial charge in [0.25, 0.3) is 5.91 Å². The summed E-state index contributed by atoms with van der Waals surface area (Å²) in [6.45, 7) is 1.24. The Bertz CT molecular complexity index is 1040. The summed E-state index contributed by atoms with van der Waals surface area (Å²) in [7, 11) is -3.61. The van der Waals surface area contributed by atoms with Gasteiger partial charge in [-0.05, 0) is 30.3 Å². The minimum Gasteiger partial charge on any atom is -0.345 e. The number of imidazole rings is 1. The molecule has 1 N–H and O–H groups in total. The summed E-state index contributed by atoms with van der Waals surface area (Å²) < 4.78 is 27.2. The van der Waals surface area contributed by atoms with Crippen molar-refractivity contribution in [3.63, 3.8) is 0 Å². The van der Waals surface area contributed by atoms with E-state index in [1.54, 1.807) is 47.6 Å². The highest BCUT2D eigenvalue weighted by Crippen LogP contribution is 2.21. The van der Waals surface area contributed by atoms with Crippen molar-refractivity contribution in [1.82, 2.24) is 24.2 Å². The van der Waals surface area contributed by atoms with E-state index in [2.05, 4.69) is 15.0 Å². The Morgan fingerprint density at radius 1 is 1.04 bits per heavy atom. The van der Waals surface area contributed by atoms with Crippen LogP contribution in [0.1, 0.15) is 10.4 Å². The first-order chi connectivity index (χ1) is 12.6. The molecule has 1 aromatic carbocycles. The van der Waals surface area contributed by atoms with Gasteiger partial charge in [-0.3, -0.25) is 9.78 Å². The molecule has 0 saturated carbocycles. The molecule has 9 heteroatoms. The average molecular weight is 371 g/mol. The zero-order valence-electron chi connectivity index (χ0n) is 13.9. The fourth-order valence-corrected chi connectivity index (χ4v) is 4.48. The fourth-order valence-electron chi connectivity index (χ4n) is 3.03. The second-order valence-corrected chi connectivity index (χ2v) is 7.95. The van der Waals surface area contributed by atoms with Gasteiger partial charge < -0.3 is 9.88 Å². The molecule has 1 fully saturated rings. The van der Waals surface area contributed by atoms with Crippen LogP contribution < -0.4 is 0 Å². The Hall–Kier alpha value is -2.78. The van der Waals surface area contributed by atoms with Crippen molar-refractivity contribution in [3.05, 3.63) is 54.6 Å². The van der Waals surface area contributed by atoms with Crippen LogP contribution in [-0.2, 0) is 10.0 Å². The molecule has 3 heterocycles. The van der Waals surface area contributed by atoms with Crippen LogP contribution in [0.5, 0.6) is 0 Å². The van der Waals surface area contributed by atoms with Crippen LogP contribution in [0.4, 0.5) is 0 Å². The van der Waals surface area contributed by atoms with Gasteiger partial charge in [-0.15, -0.1) is 0 Å². The number of nitrogens with one attached hydrogen (secondary N) is 1. The van der Waals surface area contributed by atoms with Crippen molar-refractivity contribution >= 4 is 27.0 Å². The van der Waals surface area contributed by atoms with Gasteiger partial charge in [-0.25, -0.2) is 13.4 Å². The van der Waals surface area contributed by atoms with Crippen molar-refractivity contribution in [3.8, 4) is 0 Å². The summed E-state index contributed by atoms with van der Waals surface area (Å²) in [4.78, 5) is 25.3. The molecule has 0 unspecified atom stereocenters. The van der Waals surface area contributed by atoms with E-state index < -0.39 is 10.0 Å². The van der Waals surface area contributed by atoms with Gasteiger partial charge >= 0.3 is 0 Å². The lowest BCUT2D eigenvalue weighted by Crippen LogP contribution is -2.50. The molecule has 134 valence electrons. The molecular formula is C17H17N5O3S. The normalized spacial score (nSPS) is 16.1. The molecule has 26 heavy (non-hydrogen) atoms. The number of H-pyrrole nitrogens is 1. The smallest absolute Gasteiger partial charge is 0.254 e. The molecular weight excluding hydrogens is 354 g/mol. The van der Waals surface area contributed by atoms with Crippen LogP contribution in [0.2, 0.25) is 0 Å². The molecule has 4 rings (SSSR count). The van der Waals surface area contributed by atoms with Crippen LogP contribution in [0.15, 0.2) is 53.9 Å². The highest BCUT2D eigenvalue weighted by molar-refractivity contribution is 7.89. The zero-order valence-corrected chi connectivity index (χ0v) is 14.7. The fraction of sp³-hybridized carbons (Fsp3) is 0.235. The number of rotatable bonds is 3. The van der Waals surface area contributed by atoms with E-state index in [-0.39, 0.29) is 23.9 Å². The van der Waals surface area contributed by atoms with Gasteiger partial charge in [0.05, 0.1) is 22.3 Å². The van der Waals surface area contributed by atoms with Crippen LogP contribution in [0, 0.1) is 0 Å². The van der Waals surface area contributed by atoms with Gasteiger partial charge in [-0.1, -0.05) is 0 Å². The van der Waals surface area contributed by atoms with Gasteiger partial charge in [0.15, 0.2) is 0 Å². The monoisotopic (exact) mass is 371 g/mol. The third-order valence-corrected chi connectivity index (χ3v) is 6.38. The molecule has 3 aromatic rings. The van der Waals surface area contributed by atoms with E-state index in [0.29, 0.717) is 24.2 Å². The molecule has 0 bridgehead atoms. The molecule has 1 aliphatic heterocycles. The Labute approximate surface area is 150 Å². The maximum absolute atomic E-state index is 12.9. The lowest BCUT2D eigenvalue weighted by molar-refractivity contribution is 0.0698. The molecule has 0 aliphatic carbocycles. The standard InChI is InChI=1S/C17H17N5O3S/c23-17(13-3-5-18-6-4-13)21-7-9-22(10-8-21)26(24,25)14-1-2-15-16(11-14)20-12-19-15/h1-6,11-12H,7-10H2,(H,19,20). The maximum Gasteiger partial charge on any atom is 0.254 e. The van der Waals surface area contributed by atoms with E-state index in [4.69, 9.17) is 0 Å². The second-order valence-electron chi connectivity index (χ2n) is 6.01. The second kappa shape index (κ2) is 6.50. The largest absolute Gasteiger partial charge is 0.345 e. The first-order valence-electron chi connectivity index (χ1n) is 8.18. The number of carbonyl (C=O) groups excluding carboxylic acids is 1.